The predicted molar refractivity (Wildman–Crippen MR) is 150 cm³/mol. The molecule has 11 heteroatoms. The standard InChI is InChI=1S/C28H26ClFN2O5S2/c1-37-28(34)26-21(18-6-3-2-4-7-18)16-25(19-10-12-20(13-11-19)39(31,35)36)32(27(26)33)14-15-38-17-22-23(29)8-5-9-24(22)30/h2-13,16,21,26H,14-15,17H2,1H3,(H2,31,35,36). The number of benzene rings is 3. The van der Waals surface area contributed by atoms with Crippen molar-refractivity contribution in [3.63, 3.8) is 0 Å². The van der Waals surface area contributed by atoms with Gasteiger partial charge in [-0.2, -0.15) is 11.8 Å². The molecule has 7 nitrogen and oxygen atoms in total. The molecule has 3 aromatic rings. The van der Waals surface area contributed by atoms with Crippen molar-refractivity contribution in [1.29, 1.82) is 0 Å². The van der Waals surface area contributed by atoms with E-state index in [9.17, 15) is 22.4 Å². The molecule has 0 saturated heterocycles. The molecule has 0 aliphatic carbocycles. The van der Waals surface area contributed by atoms with Gasteiger partial charge in [0, 0.05) is 40.3 Å². The number of allylic oxidation sites excluding steroid dienone is 1. The van der Waals surface area contributed by atoms with Crippen LogP contribution in [0.5, 0.6) is 0 Å². The van der Waals surface area contributed by atoms with Crippen molar-refractivity contribution >= 4 is 51.0 Å². The SMILES string of the molecule is COC(=O)C1C(=O)N(CCSCc2c(F)cccc2Cl)C(c2ccc(S(N)(=O)=O)cc2)=CC1c1ccccc1. The van der Waals surface area contributed by atoms with Crippen LogP contribution in [0.1, 0.15) is 22.6 Å². The van der Waals surface area contributed by atoms with Gasteiger partial charge < -0.3 is 9.64 Å². The molecular formula is C28H26ClFN2O5S2. The average Bonchev–Trinajstić information content (AvgIpc) is 2.92. The molecule has 1 aliphatic heterocycles. The largest absolute Gasteiger partial charge is 0.468 e. The minimum absolute atomic E-state index is 0.0649. The van der Waals surface area contributed by atoms with E-state index < -0.39 is 39.6 Å². The van der Waals surface area contributed by atoms with Gasteiger partial charge in [0.15, 0.2) is 0 Å². The van der Waals surface area contributed by atoms with E-state index in [2.05, 4.69) is 0 Å². The molecule has 0 saturated carbocycles. The summed E-state index contributed by atoms with van der Waals surface area (Å²) in [4.78, 5) is 28.1. The minimum Gasteiger partial charge on any atom is -0.468 e. The van der Waals surface area contributed by atoms with Crippen LogP contribution in [0.2, 0.25) is 5.02 Å². The van der Waals surface area contributed by atoms with E-state index in [-0.39, 0.29) is 11.4 Å². The summed E-state index contributed by atoms with van der Waals surface area (Å²) < 4.78 is 42.8. The van der Waals surface area contributed by atoms with Gasteiger partial charge >= 0.3 is 5.97 Å². The molecule has 204 valence electrons. The molecule has 1 aliphatic rings. The molecule has 2 N–H and O–H groups in total. The maximum absolute atomic E-state index is 14.2. The molecule has 0 spiro atoms. The van der Waals surface area contributed by atoms with E-state index in [1.807, 2.05) is 36.4 Å². The fraction of sp³-hybridized carbons (Fsp3) is 0.214. The summed E-state index contributed by atoms with van der Waals surface area (Å²) in [6, 6.07) is 19.5. The normalized spacial score (nSPS) is 17.6. The van der Waals surface area contributed by atoms with Gasteiger partial charge in [0.2, 0.25) is 15.9 Å². The highest BCUT2D eigenvalue weighted by Crippen LogP contribution is 2.39. The van der Waals surface area contributed by atoms with Gasteiger partial charge in [0.1, 0.15) is 11.7 Å². The molecule has 1 heterocycles. The fourth-order valence-corrected chi connectivity index (χ4v) is 6.21. The van der Waals surface area contributed by atoms with Gasteiger partial charge in [0.05, 0.1) is 12.0 Å². The lowest BCUT2D eigenvalue weighted by Crippen LogP contribution is -2.45. The number of hydrogen-bond donors (Lipinski definition) is 1. The minimum atomic E-state index is -3.91. The van der Waals surface area contributed by atoms with Crippen LogP contribution in [0.3, 0.4) is 0 Å². The van der Waals surface area contributed by atoms with Crippen LogP contribution in [0, 0.1) is 11.7 Å². The zero-order valence-electron chi connectivity index (χ0n) is 20.9. The lowest BCUT2D eigenvalue weighted by Gasteiger charge is -2.36. The maximum atomic E-state index is 14.2. The Morgan fingerprint density at radius 2 is 1.77 bits per heavy atom. The number of nitrogens with two attached hydrogens (primary N) is 1. The lowest BCUT2D eigenvalue weighted by molar-refractivity contribution is -0.153. The van der Waals surface area contributed by atoms with Gasteiger partial charge in [-0.25, -0.2) is 17.9 Å². The third-order valence-corrected chi connectivity index (χ3v) is 8.65. The van der Waals surface area contributed by atoms with E-state index in [4.69, 9.17) is 21.5 Å². The number of thioether (sulfide) groups is 1. The van der Waals surface area contributed by atoms with Crippen molar-refractivity contribution in [3.05, 3.63) is 106 Å². The number of amides is 1. The van der Waals surface area contributed by atoms with Crippen molar-refractivity contribution in [2.24, 2.45) is 11.1 Å². The van der Waals surface area contributed by atoms with Crippen molar-refractivity contribution in [3.8, 4) is 0 Å². The summed E-state index contributed by atoms with van der Waals surface area (Å²) in [7, 11) is -2.67. The number of ether oxygens (including phenoxy) is 1. The third-order valence-electron chi connectivity index (χ3n) is 6.40. The highest BCUT2D eigenvalue weighted by Gasteiger charge is 2.43. The quantitative estimate of drug-likeness (QED) is 0.218. The molecule has 2 atom stereocenters. The lowest BCUT2D eigenvalue weighted by atomic mass is 9.80. The van der Waals surface area contributed by atoms with Gasteiger partial charge in [-0.05, 0) is 35.4 Å². The number of primary sulfonamides is 1. The first-order valence-electron chi connectivity index (χ1n) is 11.9. The van der Waals surface area contributed by atoms with Crippen molar-refractivity contribution in [2.75, 3.05) is 19.4 Å². The molecule has 0 radical (unpaired) electrons. The van der Waals surface area contributed by atoms with Gasteiger partial charge in [-0.3, -0.25) is 9.59 Å². The molecule has 0 bridgehead atoms. The number of nitrogens with zero attached hydrogens (tertiary/aromatic N) is 1. The molecule has 4 rings (SSSR count). The summed E-state index contributed by atoms with van der Waals surface area (Å²) in [5.74, 6) is -2.54. The molecular weight excluding hydrogens is 563 g/mol. The summed E-state index contributed by atoms with van der Waals surface area (Å²) in [6.07, 6.45) is 1.82. The van der Waals surface area contributed by atoms with Crippen molar-refractivity contribution in [1.82, 2.24) is 4.90 Å². The number of rotatable bonds is 9. The van der Waals surface area contributed by atoms with E-state index in [1.54, 1.807) is 18.2 Å². The number of halogens is 2. The number of esters is 1. The molecule has 1 amide bonds. The monoisotopic (exact) mass is 588 g/mol. The highest BCUT2D eigenvalue weighted by atomic mass is 35.5. The summed E-state index contributed by atoms with van der Waals surface area (Å²) in [6.45, 7) is 0.202. The predicted octanol–water partition coefficient (Wildman–Crippen LogP) is 4.82. The second kappa shape index (κ2) is 12.3. The first kappa shape index (κ1) is 28.8. The number of carbonyl (C=O) groups is 2. The zero-order valence-corrected chi connectivity index (χ0v) is 23.3. The van der Waals surface area contributed by atoms with E-state index in [0.717, 1.165) is 5.56 Å². The van der Waals surface area contributed by atoms with Crippen LogP contribution in [0.15, 0.2) is 83.8 Å². The number of carbonyl (C=O) groups excluding carboxylic acids is 2. The van der Waals surface area contributed by atoms with Crippen LogP contribution in [0.25, 0.3) is 5.70 Å². The summed E-state index contributed by atoms with van der Waals surface area (Å²) in [5, 5.41) is 5.58. The number of methoxy groups -OCH3 is 1. The molecule has 0 fully saturated rings. The third kappa shape index (κ3) is 6.52. The number of hydrogen-bond acceptors (Lipinski definition) is 6. The first-order valence-corrected chi connectivity index (χ1v) is 15.0. The van der Waals surface area contributed by atoms with Crippen LogP contribution in [-0.4, -0.2) is 44.6 Å². The Morgan fingerprint density at radius 1 is 1.08 bits per heavy atom. The van der Waals surface area contributed by atoms with Crippen molar-refractivity contribution < 1.29 is 27.1 Å². The fourth-order valence-electron chi connectivity index (χ4n) is 4.43. The van der Waals surface area contributed by atoms with Crippen LogP contribution in [0.4, 0.5) is 4.39 Å². The molecule has 3 aromatic carbocycles. The Balaban J connectivity index is 1.69. The van der Waals surface area contributed by atoms with Crippen molar-refractivity contribution in [2.45, 2.75) is 16.6 Å². The second-order valence-electron chi connectivity index (χ2n) is 8.80. The summed E-state index contributed by atoms with van der Waals surface area (Å²) >= 11 is 7.53. The van der Waals surface area contributed by atoms with E-state index >= 15 is 0 Å². The Morgan fingerprint density at radius 3 is 2.38 bits per heavy atom. The van der Waals surface area contributed by atoms with E-state index in [0.29, 0.717) is 33.4 Å². The number of sulfonamides is 1. The summed E-state index contributed by atoms with van der Waals surface area (Å²) in [5.41, 5.74) is 2.21. The topological polar surface area (TPSA) is 107 Å². The maximum Gasteiger partial charge on any atom is 0.319 e. The Kier molecular flexibility index (Phi) is 9.12. The second-order valence-corrected chi connectivity index (χ2v) is 11.9. The molecule has 0 aromatic heterocycles. The van der Waals surface area contributed by atoms with Crippen LogP contribution >= 0.6 is 23.4 Å². The molecule has 39 heavy (non-hydrogen) atoms. The van der Waals surface area contributed by atoms with E-state index in [1.165, 1.54) is 48.0 Å². The van der Waals surface area contributed by atoms with Gasteiger partial charge in [-0.15, -0.1) is 0 Å². The Bertz CT molecular complexity index is 1480. The molecule has 2 unspecified atom stereocenters. The first-order chi connectivity index (χ1) is 18.6. The van der Waals surface area contributed by atoms with Gasteiger partial charge in [0.25, 0.3) is 0 Å². The average molecular weight is 589 g/mol. The Labute approximate surface area is 235 Å². The van der Waals surface area contributed by atoms with Gasteiger partial charge in [-0.1, -0.05) is 66.2 Å². The zero-order chi connectivity index (χ0) is 28.2. The van der Waals surface area contributed by atoms with Crippen LogP contribution in [-0.2, 0) is 30.1 Å². The smallest absolute Gasteiger partial charge is 0.319 e. The highest BCUT2D eigenvalue weighted by molar-refractivity contribution is 7.98. The van der Waals surface area contributed by atoms with Crippen LogP contribution < -0.4 is 5.14 Å². The Hall–Kier alpha value is -3.18.